The zero-order valence-corrected chi connectivity index (χ0v) is 12.2. The number of hydrogen-bond donors (Lipinski definition) is 4. The molecule has 0 spiro atoms. The number of primary amides is 1. The highest BCUT2D eigenvalue weighted by atomic mass is 16.3. The Hall–Kier alpha value is -2.08. The second-order valence-electron chi connectivity index (χ2n) is 5.69. The molecule has 21 heavy (non-hydrogen) atoms. The summed E-state index contributed by atoms with van der Waals surface area (Å²) in [6.07, 6.45) is -0.149. The minimum Gasteiger partial charge on any atom is -0.390 e. The van der Waals surface area contributed by atoms with Gasteiger partial charge in [-0.2, -0.15) is 0 Å². The van der Waals surface area contributed by atoms with Gasteiger partial charge in [-0.25, -0.2) is 4.79 Å². The number of fused-ring (bicyclic) bond motifs is 1. The van der Waals surface area contributed by atoms with Gasteiger partial charge in [-0.1, -0.05) is 38.1 Å². The molecule has 6 nitrogen and oxygen atoms in total. The summed E-state index contributed by atoms with van der Waals surface area (Å²) in [7, 11) is 0. The molecule has 3 amide bonds. The lowest BCUT2D eigenvalue weighted by atomic mass is 10.0. The molecule has 3 atom stereocenters. The Morgan fingerprint density at radius 2 is 2.00 bits per heavy atom. The third kappa shape index (κ3) is 3.33. The Morgan fingerprint density at radius 3 is 2.62 bits per heavy atom. The van der Waals surface area contributed by atoms with Crippen LogP contribution in [0.5, 0.6) is 0 Å². The fourth-order valence-corrected chi connectivity index (χ4v) is 2.68. The van der Waals surface area contributed by atoms with Gasteiger partial charge in [0.05, 0.1) is 12.1 Å². The smallest absolute Gasteiger partial charge is 0.312 e. The highest BCUT2D eigenvalue weighted by Crippen LogP contribution is 2.31. The zero-order valence-electron chi connectivity index (χ0n) is 12.2. The third-order valence-corrected chi connectivity index (χ3v) is 3.75. The van der Waals surface area contributed by atoms with Gasteiger partial charge in [0.15, 0.2) is 0 Å². The molecule has 5 N–H and O–H groups in total. The van der Waals surface area contributed by atoms with E-state index in [1.54, 1.807) is 0 Å². The number of benzene rings is 1. The highest BCUT2D eigenvalue weighted by molar-refractivity contribution is 5.87. The van der Waals surface area contributed by atoms with Crippen LogP contribution in [0.4, 0.5) is 4.79 Å². The van der Waals surface area contributed by atoms with Crippen molar-refractivity contribution >= 4 is 11.9 Å². The molecule has 0 bridgehead atoms. The first-order valence-corrected chi connectivity index (χ1v) is 7.02. The Balaban J connectivity index is 2.13. The summed E-state index contributed by atoms with van der Waals surface area (Å²) in [4.78, 5) is 23.3. The number of aliphatic hydroxyl groups is 1. The molecule has 114 valence electrons. The summed E-state index contributed by atoms with van der Waals surface area (Å²) in [6, 6.07) is 5.69. The SMILES string of the molecule is CC(C)C(NC(N)=O)C(=O)NC1c2ccccc2CC1O. The molecule has 2 rings (SSSR count). The normalized spacial score (nSPS) is 21.7. The lowest BCUT2D eigenvalue weighted by molar-refractivity contribution is -0.125. The summed E-state index contributed by atoms with van der Waals surface area (Å²) in [6.45, 7) is 3.64. The Bertz CT molecular complexity index is 545. The van der Waals surface area contributed by atoms with Crippen molar-refractivity contribution in [1.29, 1.82) is 0 Å². The Morgan fingerprint density at radius 1 is 1.33 bits per heavy atom. The average Bonchev–Trinajstić information content (AvgIpc) is 2.72. The number of nitrogens with one attached hydrogen (secondary N) is 2. The molecule has 0 saturated heterocycles. The van der Waals surface area contributed by atoms with Crippen molar-refractivity contribution in [3.8, 4) is 0 Å². The van der Waals surface area contributed by atoms with Crippen molar-refractivity contribution in [3.05, 3.63) is 35.4 Å². The van der Waals surface area contributed by atoms with Crippen LogP contribution in [-0.4, -0.2) is 29.2 Å². The highest BCUT2D eigenvalue weighted by Gasteiger charge is 2.34. The van der Waals surface area contributed by atoms with Gasteiger partial charge in [0.25, 0.3) is 0 Å². The molecule has 0 fully saturated rings. The van der Waals surface area contributed by atoms with Crippen molar-refractivity contribution < 1.29 is 14.7 Å². The van der Waals surface area contributed by atoms with Crippen molar-refractivity contribution in [2.45, 2.75) is 38.5 Å². The molecule has 1 aromatic rings. The predicted octanol–water partition coefficient (Wildman–Crippen LogP) is 0.454. The van der Waals surface area contributed by atoms with Gasteiger partial charge in [-0.15, -0.1) is 0 Å². The number of aliphatic hydroxyl groups excluding tert-OH is 1. The van der Waals surface area contributed by atoms with Crippen LogP contribution in [0.1, 0.15) is 31.0 Å². The maximum absolute atomic E-state index is 12.3. The second kappa shape index (κ2) is 6.13. The Labute approximate surface area is 123 Å². The molecule has 1 aromatic carbocycles. The van der Waals surface area contributed by atoms with Crippen molar-refractivity contribution in [2.24, 2.45) is 11.7 Å². The molecule has 0 aromatic heterocycles. The fraction of sp³-hybridized carbons (Fsp3) is 0.467. The van der Waals surface area contributed by atoms with Crippen LogP contribution in [0.3, 0.4) is 0 Å². The number of nitrogens with two attached hydrogens (primary N) is 1. The molecule has 0 heterocycles. The monoisotopic (exact) mass is 291 g/mol. The fourth-order valence-electron chi connectivity index (χ4n) is 2.68. The van der Waals surface area contributed by atoms with Crippen LogP contribution in [0, 0.1) is 5.92 Å². The van der Waals surface area contributed by atoms with E-state index in [2.05, 4.69) is 10.6 Å². The minimum absolute atomic E-state index is 0.105. The summed E-state index contributed by atoms with van der Waals surface area (Å²) in [5, 5.41) is 15.4. The number of urea groups is 1. The summed E-state index contributed by atoms with van der Waals surface area (Å²) >= 11 is 0. The van der Waals surface area contributed by atoms with E-state index < -0.39 is 24.2 Å². The van der Waals surface area contributed by atoms with Crippen LogP contribution in [0.2, 0.25) is 0 Å². The van der Waals surface area contributed by atoms with Gasteiger partial charge in [-0.05, 0) is 17.0 Å². The molecule has 1 aliphatic rings. The third-order valence-electron chi connectivity index (χ3n) is 3.75. The molecular weight excluding hydrogens is 270 g/mol. The van der Waals surface area contributed by atoms with Crippen LogP contribution in [-0.2, 0) is 11.2 Å². The first-order valence-electron chi connectivity index (χ1n) is 7.02. The van der Waals surface area contributed by atoms with Gasteiger partial charge in [-0.3, -0.25) is 4.79 Å². The van der Waals surface area contributed by atoms with Gasteiger partial charge in [0, 0.05) is 6.42 Å². The lowest BCUT2D eigenvalue weighted by Gasteiger charge is -2.25. The van der Waals surface area contributed by atoms with E-state index in [0.717, 1.165) is 11.1 Å². The maximum Gasteiger partial charge on any atom is 0.312 e. The molecule has 3 unspecified atom stereocenters. The van der Waals surface area contributed by atoms with Crippen LogP contribution < -0.4 is 16.4 Å². The number of carbonyl (C=O) groups is 2. The quantitative estimate of drug-likeness (QED) is 0.647. The summed E-state index contributed by atoms with van der Waals surface area (Å²) in [5.41, 5.74) is 7.05. The molecule has 0 aliphatic heterocycles. The van der Waals surface area contributed by atoms with Crippen LogP contribution >= 0.6 is 0 Å². The molecule has 0 radical (unpaired) electrons. The average molecular weight is 291 g/mol. The van der Waals surface area contributed by atoms with Gasteiger partial charge < -0.3 is 21.5 Å². The first-order chi connectivity index (χ1) is 9.90. The first kappa shape index (κ1) is 15.3. The standard InChI is InChI=1S/C15H21N3O3/c1-8(2)12(18-15(16)21)14(20)17-13-10-6-4-3-5-9(10)7-11(13)19/h3-6,8,11-13,19H,7H2,1-2H3,(H,17,20)(H3,16,18,21). The molecule has 1 aliphatic carbocycles. The molecule has 6 heteroatoms. The van der Waals surface area contributed by atoms with E-state index in [-0.39, 0.29) is 11.8 Å². The van der Waals surface area contributed by atoms with E-state index in [0.29, 0.717) is 6.42 Å². The van der Waals surface area contributed by atoms with E-state index in [1.807, 2.05) is 38.1 Å². The second-order valence-corrected chi connectivity index (χ2v) is 5.69. The van der Waals surface area contributed by atoms with E-state index in [9.17, 15) is 14.7 Å². The van der Waals surface area contributed by atoms with Crippen molar-refractivity contribution in [2.75, 3.05) is 0 Å². The molecule has 0 saturated carbocycles. The van der Waals surface area contributed by atoms with Gasteiger partial charge in [0.2, 0.25) is 5.91 Å². The minimum atomic E-state index is -0.740. The van der Waals surface area contributed by atoms with Crippen molar-refractivity contribution in [3.63, 3.8) is 0 Å². The number of carbonyl (C=O) groups excluding carboxylic acids is 2. The molecular formula is C15H21N3O3. The topological polar surface area (TPSA) is 104 Å². The van der Waals surface area contributed by atoms with E-state index in [4.69, 9.17) is 5.73 Å². The number of hydrogen-bond acceptors (Lipinski definition) is 3. The summed E-state index contributed by atoms with van der Waals surface area (Å²) in [5.74, 6) is -0.448. The van der Waals surface area contributed by atoms with Gasteiger partial charge in [0.1, 0.15) is 6.04 Å². The zero-order chi connectivity index (χ0) is 15.6. The van der Waals surface area contributed by atoms with E-state index in [1.165, 1.54) is 0 Å². The van der Waals surface area contributed by atoms with E-state index >= 15 is 0 Å². The Kier molecular flexibility index (Phi) is 4.47. The van der Waals surface area contributed by atoms with Crippen molar-refractivity contribution in [1.82, 2.24) is 10.6 Å². The van der Waals surface area contributed by atoms with Crippen LogP contribution in [0.15, 0.2) is 24.3 Å². The summed E-state index contributed by atoms with van der Waals surface area (Å²) < 4.78 is 0. The van der Waals surface area contributed by atoms with Crippen LogP contribution in [0.25, 0.3) is 0 Å². The maximum atomic E-state index is 12.3. The number of amides is 3. The largest absolute Gasteiger partial charge is 0.390 e. The van der Waals surface area contributed by atoms with Gasteiger partial charge >= 0.3 is 6.03 Å². The number of rotatable bonds is 4. The lowest BCUT2D eigenvalue weighted by Crippen LogP contribution is -2.52. The predicted molar refractivity (Wildman–Crippen MR) is 78.4 cm³/mol.